The molecule has 1 aliphatic heterocycles. The number of ether oxygens (including phenoxy) is 2. The minimum atomic E-state index is -0.921. The Morgan fingerprint density at radius 2 is 1.67 bits per heavy atom. The number of carbonyl (C=O) groups is 3. The molecule has 1 saturated heterocycles. The van der Waals surface area contributed by atoms with Gasteiger partial charge in [-0.2, -0.15) is 0 Å². The molecule has 0 radical (unpaired) electrons. The summed E-state index contributed by atoms with van der Waals surface area (Å²) >= 11 is 6.34. The number of esters is 1. The molecule has 4 aromatic carbocycles. The van der Waals surface area contributed by atoms with Crippen molar-refractivity contribution in [1.82, 2.24) is 10.2 Å². The first-order valence-corrected chi connectivity index (χ1v) is 18.0. The monoisotopic (exact) mass is 709 g/mol. The van der Waals surface area contributed by atoms with Crippen LogP contribution < -0.4 is 11.1 Å². The molecule has 268 valence electrons. The van der Waals surface area contributed by atoms with Crippen LogP contribution in [0.25, 0.3) is 10.8 Å². The Morgan fingerprint density at radius 3 is 2.41 bits per heavy atom. The molecule has 1 heterocycles. The van der Waals surface area contributed by atoms with Gasteiger partial charge in [0.2, 0.25) is 11.8 Å². The summed E-state index contributed by atoms with van der Waals surface area (Å²) in [7, 11) is 0. The Labute approximate surface area is 305 Å². The SMILES string of the molecule is C[C@H](N)C(=O)N[C@H](C(=O)N1CCC[C@H]1/C=C/[C@](C)(COC(=O)Cc1ccc2ccccc2c1)Cc1cccc(Cl)c1)[C@@H](C)OCc1ccccc1. The summed E-state index contributed by atoms with van der Waals surface area (Å²) in [5, 5.41) is 5.66. The highest BCUT2D eigenvalue weighted by Crippen LogP contribution is 2.29. The normalized spacial score (nSPS) is 17.5. The third kappa shape index (κ3) is 10.7. The van der Waals surface area contributed by atoms with Gasteiger partial charge in [0, 0.05) is 17.0 Å². The van der Waals surface area contributed by atoms with Crippen LogP contribution in [0.4, 0.5) is 0 Å². The highest BCUT2D eigenvalue weighted by molar-refractivity contribution is 6.30. The van der Waals surface area contributed by atoms with Gasteiger partial charge in [0.25, 0.3) is 0 Å². The summed E-state index contributed by atoms with van der Waals surface area (Å²) in [6.07, 6.45) is 5.76. The Kier molecular flexibility index (Phi) is 13.0. The van der Waals surface area contributed by atoms with E-state index in [-0.39, 0.29) is 30.9 Å². The third-order valence-electron chi connectivity index (χ3n) is 9.33. The van der Waals surface area contributed by atoms with Crippen molar-refractivity contribution in [3.63, 3.8) is 0 Å². The van der Waals surface area contributed by atoms with Crippen molar-refractivity contribution < 1.29 is 23.9 Å². The first-order chi connectivity index (χ1) is 24.5. The van der Waals surface area contributed by atoms with Crippen LogP contribution in [0.2, 0.25) is 5.02 Å². The molecule has 0 unspecified atom stereocenters. The van der Waals surface area contributed by atoms with Crippen molar-refractivity contribution in [2.45, 2.75) is 77.3 Å². The van der Waals surface area contributed by atoms with E-state index < -0.39 is 29.5 Å². The second-order valence-electron chi connectivity index (χ2n) is 13.9. The largest absolute Gasteiger partial charge is 0.465 e. The zero-order valence-electron chi connectivity index (χ0n) is 29.6. The smallest absolute Gasteiger partial charge is 0.310 e. The molecule has 0 bridgehead atoms. The molecule has 9 heteroatoms. The van der Waals surface area contributed by atoms with Crippen LogP contribution in [-0.4, -0.2) is 60.1 Å². The zero-order valence-corrected chi connectivity index (χ0v) is 30.4. The molecule has 5 atom stereocenters. The number of benzene rings is 4. The summed E-state index contributed by atoms with van der Waals surface area (Å²) < 4.78 is 12.0. The lowest BCUT2D eigenvalue weighted by Gasteiger charge is -2.32. The van der Waals surface area contributed by atoms with Crippen LogP contribution in [0.3, 0.4) is 0 Å². The molecule has 51 heavy (non-hydrogen) atoms. The molecule has 0 spiro atoms. The van der Waals surface area contributed by atoms with E-state index in [9.17, 15) is 14.4 Å². The molecule has 1 aliphatic rings. The first-order valence-electron chi connectivity index (χ1n) is 17.6. The van der Waals surface area contributed by atoms with E-state index in [1.807, 2.05) is 110 Å². The molecule has 1 fully saturated rings. The topological polar surface area (TPSA) is 111 Å². The third-order valence-corrected chi connectivity index (χ3v) is 9.56. The number of fused-ring (bicyclic) bond motifs is 1. The van der Waals surface area contributed by atoms with Crippen LogP contribution in [0.5, 0.6) is 0 Å². The van der Waals surface area contributed by atoms with E-state index in [4.69, 9.17) is 26.8 Å². The minimum absolute atomic E-state index is 0.139. The van der Waals surface area contributed by atoms with Crippen molar-refractivity contribution >= 4 is 40.2 Å². The minimum Gasteiger partial charge on any atom is -0.465 e. The predicted molar refractivity (Wildman–Crippen MR) is 202 cm³/mol. The van der Waals surface area contributed by atoms with Gasteiger partial charge in [-0.05, 0) is 72.7 Å². The van der Waals surface area contributed by atoms with E-state index in [0.717, 1.165) is 40.3 Å². The fourth-order valence-electron chi connectivity index (χ4n) is 6.43. The van der Waals surface area contributed by atoms with Crippen molar-refractivity contribution in [2.75, 3.05) is 13.2 Å². The lowest BCUT2D eigenvalue weighted by atomic mass is 9.83. The molecule has 0 saturated carbocycles. The average Bonchev–Trinajstić information content (AvgIpc) is 3.60. The van der Waals surface area contributed by atoms with Gasteiger partial charge in [-0.25, -0.2) is 0 Å². The van der Waals surface area contributed by atoms with Crippen molar-refractivity contribution in [2.24, 2.45) is 11.1 Å². The molecular formula is C42H48ClN3O5. The lowest BCUT2D eigenvalue weighted by Crippen LogP contribution is -2.57. The van der Waals surface area contributed by atoms with Crippen LogP contribution in [-0.2, 0) is 43.3 Å². The highest BCUT2D eigenvalue weighted by Gasteiger charge is 2.37. The van der Waals surface area contributed by atoms with E-state index in [0.29, 0.717) is 24.6 Å². The van der Waals surface area contributed by atoms with Gasteiger partial charge >= 0.3 is 5.97 Å². The van der Waals surface area contributed by atoms with E-state index in [2.05, 4.69) is 11.4 Å². The number of halogens is 1. The number of carbonyl (C=O) groups excluding carboxylic acids is 3. The molecule has 0 aromatic heterocycles. The summed E-state index contributed by atoms with van der Waals surface area (Å²) in [4.78, 5) is 41.9. The number of amides is 2. The Balaban J connectivity index is 1.31. The molecule has 8 nitrogen and oxygen atoms in total. The Hall–Kier alpha value is -4.50. The number of nitrogens with two attached hydrogens (primary N) is 1. The van der Waals surface area contributed by atoms with Crippen LogP contribution in [0, 0.1) is 5.41 Å². The van der Waals surface area contributed by atoms with Crippen LogP contribution in [0.15, 0.2) is 109 Å². The first kappa shape index (κ1) is 37.7. The fraction of sp³-hybridized carbons (Fsp3) is 0.357. The van der Waals surface area contributed by atoms with Gasteiger partial charge in [-0.1, -0.05) is 116 Å². The van der Waals surface area contributed by atoms with Crippen molar-refractivity contribution in [3.8, 4) is 0 Å². The number of hydrogen-bond donors (Lipinski definition) is 2. The van der Waals surface area contributed by atoms with Gasteiger partial charge in [-0.3, -0.25) is 14.4 Å². The van der Waals surface area contributed by atoms with Crippen LogP contribution >= 0.6 is 11.6 Å². The Bertz CT molecular complexity index is 1830. The van der Waals surface area contributed by atoms with Gasteiger partial charge in [0.05, 0.1) is 31.2 Å². The second-order valence-corrected chi connectivity index (χ2v) is 14.3. The standard InChI is InChI=1S/C42H48ClN3O5/c1-29(44)40(48)45-39(30(2)50-27-31-11-5-4-6-12-31)41(49)46-22-10-17-37(46)20-21-42(3,26-33-13-9-16-36(43)24-33)28-51-38(47)25-32-18-19-34-14-7-8-15-35(34)23-32/h4-9,11-16,18-21,23-24,29-30,37,39H,10,17,22,25-28,44H2,1-3H3,(H,45,48)/b21-20+/t29-,30+,37-,39-,42-/m0/s1. The maximum atomic E-state index is 14.2. The fourth-order valence-corrected chi connectivity index (χ4v) is 6.65. The zero-order chi connectivity index (χ0) is 36.4. The second kappa shape index (κ2) is 17.6. The van der Waals surface area contributed by atoms with Crippen molar-refractivity contribution in [3.05, 3.63) is 131 Å². The van der Waals surface area contributed by atoms with E-state index in [1.165, 1.54) is 0 Å². The summed E-state index contributed by atoms with van der Waals surface area (Å²) in [6.45, 7) is 6.39. The molecule has 0 aliphatic carbocycles. The lowest BCUT2D eigenvalue weighted by molar-refractivity contribution is -0.145. The molecule has 5 rings (SSSR count). The maximum Gasteiger partial charge on any atom is 0.310 e. The summed E-state index contributed by atoms with van der Waals surface area (Å²) in [6, 6.07) is 29.4. The predicted octanol–water partition coefficient (Wildman–Crippen LogP) is 6.81. The number of nitrogens with one attached hydrogen (secondary N) is 1. The number of rotatable bonds is 15. The summed E-state index contributed by atoms with van der Waals surface area (Å²) in [5.41, 5.74) is 8.13. The number of hydrogen-bond acceptors (Lipinski definition) is 6. The quantitative estimate of drug-likeness (QED) is 0.104. The molecule has 3 N–H and O–H groups in total. The van der Waals surface area contributed by atoms with Crippen LogP contribution in [0.1, 0.15) is 50.3 Å². The average molecular weight is 710 g/mol. The summed E-state index contributed by atoms with van der Waals surface area (Å²) in [5.74, 6) is -0.963. The van der Waals surface area contributed by atoms with E-state index >= 15 is 0 Å². The van der Waals surface area contributed by atoms with Gasteiger partial charge in [0.15, 0.2) is 0 Å². The number of likely N-dealkylation sites (tertiary alicyclic amines) is 1. The van der Waals surface area contributed by atoms with E-state index in [1.54, 1.807) is 18.7 Å². The van der Waals surface area contributed by atoms with Gasteiger partial charge < -0.3 is 25.4 Å². The number of nitrogens with zero attached hydrogens (tertiary/aromatic N) is 1. The molecule has 4 aromatic rings. The highest BCUT2D eigenvalue weighted by atomic mass is 35.5. The van der Waals surface area contributed by atoms with Gasteiger partial charge in [0.1, 0.15) is 12.6 Å². The molecular weight excluding hydrogens is 662 g/mol. The molecule has 2 amide bonds. The van der Waals surface area contributed by atoms with Crippen molar-refractivity contribution in [1.29, 1.82) is 0 Å². The Morgan fingerprint density at radius 1 is 0.941 bits per heavy atom. The van der Waals surface area contributed by atoms with Gasteiger partial charge in [-0.15, -0.1) is 0 Å². The maximum absolute atomic E-state index is 14.2.